The molecule has 0 radical (unpaired) electrons. The van der Waals surface area contributed by atoms with E-state index in [0.717, 1.165) is 19.4 Å². The van der Waals surface area contributed by atoms with Gasteiger partial charge in [-0.2, -0.15) is 0 Å². The standard InChI is InChI=1S/C14H25NO4/c1-4-19-11-5-10(6-11)7-13(16)15-8-12(9(2)3)14(17)18/h9-12H,4-8H2,1-3H3,(H,15,16)(H,17,18). The number of rotatable bonds is 8. The number of hydrogen-bond acceptors (Lipinski definition) is 3. The van der Waals surface area contributed by atoms with Crippen LogP contribution in [-0.4, -0.2) is 36.2 Å². The Bertz CT molecular complexity index is 311. The van der Waals surface area contributed by atoms with E-state index in [2.05, 4.69) is 5.32 Å². The van der Waals surface area contributed by atoms with E-state index in [1.165, 1.54) is 0 Å². The number of aliphatic carboxylic acids is 1. The topological polar surface area (TPSA) is 75.6 Å². The first-order valence-electron chi connectivity index (χ1n) is 7.05. The summed E-state index contributed by atoms with van der Waals surface area (Å²) in [5, 5.41) is 11.8. The van der Waals surface area contributed by atoms with E-state index in [1.807, 2.05) is 20.8 Å². The van der Waals surface area contributed by atoms with Crippen LogP contribution in [0.2, 0.25) is 0 Å². The predicted molar refractivity (Wildman–Crippen MR) is 71.7 cm³/mol. The second kappa shape index (κ2) is 7.48. The molecule has 1 aliphatic carbocycles. The Morgan fingerprint density at radius 1 is 1.37 bits per heavy atom. The van der Waals surface area contributed by atoms with Crippen molar-refractivity contribution in [2.45, 2.75) is 46.1 Å². The van der Waals surface area contributed by atoms with Crippen molar-refractivity contribution in [2.75, 3.05) is 13.2 Å². The molecule has 1 aliphatic rings. The summed E-state index contributed by atoms with van der Waals surface area (Å²) >= 11 is 0. The zero-order valence-corrected chi connectivity index (χ0v) is 12.0. The van der Waals surface area contributed by atoms with Gasteiger partial charge >= 0.3 is 5.97 Å². The normalized spacial score (nSPS) is 23.8. The SMILES string of the molecule is CCOC1CC(CC(=O)NCC(C(=O)O)C(C)C)C1. The number of hydrogen-bond donors (Lipinski definition) is 2. The van der Waals surface area contributed by atoms with Crippen molar-refractivity contribution >= 4 is 11.9 Å². The van der Waals surface area contributed by atoms with Crippen LogP contribution >= 0.6 is 0 Å². The molecule has 1 rings (SSSR count). The molecule has 110 valence electrons. The second-order valence-corrected chi connectivity index (χ2v) is 5.61. The Kier molecular flexibility index (Phi) is 6.28. The summed E-state index contributed by atoms with van der Waals surface area (Å²) in [6.45, 7) is 6.61. The molecule has 1 atom stereocenters. The maximum Gasteiger partial charge on any atom is 0.308 e. The van der Waals surface area contributed by atoms with Gasteiger partial charge in [-0.05, 0) is 31.6 Å². The fourth-order valence-corrected chi connectivity index (χ4v) is 2.38. The molecular weight excluding hydrogens is 246 g/mol. The molecule has 1 saturated carbocycles. The first kappa shape index (κ1) is 16.0. The van der Waals surface area contributed by atoms with Crippen molar-refractivity contribution in [2.24, 2.45) is 17.8 Å². The fraction of sp³-hybridized carbons (Fsp3) is 0.857. The minimum absolute atomic E-state index is 0.0174. The maximum atomic E-state index is 11.7. The quantitative estimate of drug-likeness (QED) is 0.704. The van der Waals surface area contributed by atoms with Crippen LogP contribution in [0.3, 0.4) is 0 Å². The lowest BCUT2D eigenvalue weighted by atomic mass is 9.80. The average molecular weight is 271 g/mol. The van der Waals surface area contributed by atoms with Crippen LogP contribution in [0, 0.1) is 17.8 Å². The lowest BCUT2D eigenvalue weighted by Gasteiger charge is -2.34. The summed E-state index contributed by atoms with van der Waals surface area (Å²) in [6, 6.07) is 0. The average Bonchev–Trinajstić information content (AvgIpc) is 2.25. The summed E-state index contributed by atoms with van der Waals surface area (Å²) in [6.07, 6.45) is 2.67. The van der Waals surface area contributed by atoms with Gasteiger partial charge in [-0.3, -0.25) is 9.59 Å². The molecule has 0 aliphatic heterocycles. The minimum atomic E-state index is -0.852. The summed E-state index contributed by atoms with van der Waals surface area (Å²) in [5.74, 6) is -1.01. The van der Waals surface area contributed by atoms with Crippen LogP contribution in [0.15, 0.2) is 0 Å². The predicted octanol–water partition coefficient (Wildman–Crippen LogP) is 1.66. The molecular formula is C14H25NO4. The van der Waals surface area contributed by atoms with E-state index < -0.39 is 11.9 Å². The highest BCUT2D eigenvalue weighted by Gasteiger charge is 2.31. The first-order valence-corrected chi connectivity index (χ1v) is 7.05. The maximum absolute atomic E-state index is 11.7. The molecule has 5 heteroatoms. The fourth-order valence-electron chi connectivity index (χ4n) is 2.38. The smallest absolute Gasteiger partial charge is 0.308 e. The zero-order valence-electron chi connectivity index (χ0n) is 12.0. The van der Waals surface area contributed by atoms with E-state index in [9.17, 15) is 9.59 Å². The molecule has 1 unspecified atom stereocenters. The molecule has 0 spiro atoms. The highest BCUT2D eigenvalue weighted by atomic mass is 16.5. The molecule has 0 aromatic carbocycles. The third kappa shape index (κ3) is 5.19. The molecule has 1 fully saturated rings. The number of carbonyl (C=O) groups is 2. The van der Waals surface area contributed by atoms with Crippen LogP contribution in [-0.2, 0) is 14.3 Å². The van der Waals surface area contributed by atoms with Crippen LogP contribution in [0.5, 0.6) is 0 Å². The summed E-state index contributed by atoms with van der Waals surface area (Å²) < 4.78 is 5.44. The van der Waals surface area contributed by atoms with Gasteiger partial charge in [-0.25, -0.2) is 0 Å². The zero-order chi connectivity index (χ0) is 14.4. The molecule has 2 N–H and O–H groups in total. The Labute approximate surface area is 114 Å². The Morgan fingerprint density at radius 2 is 2.00 bits per heavy atom. The number of nitrogens with one attached hydrogen (secondary N) is 1. The van der Waals surface area contributed by atoms with Gasteiger partial charge in [0.15, 0.2) is 0 Å². The molecule has 1 amide bonds. The van der Waals surface area contributed by atoms with Gasteiger partial charge < -0.3 is 15.2 Å². The largest absolute Gasteiger partial charge is 0.481 e. The summed E-state index contributed by atoms with van der Waals surface area (Å²) in [7, 11) is 0. The number of ether oxygens (including phenoxy) is 1. The van der Waals surface area contributed by atoms with Crippen LogP contribution in [0.4, 0.5) is 0 Å². The van der Waals surface area contributed by atoms with Crippen LogP contribution in [0.25, 0.3) is 0 Å². The number of amides is 1. The van der Waals surface area contributed by atoms with Crippen molar-refractivity contribution in [1.82, 2.24) is 5.32 Å². The summed E-state index contributed by atoms with van der Waals surface area (Å²) in [5.41, 5.74) is 0. The monoisotopic (exact) mass is 271 g/mol. The lowest BCUT2D eigenvalue weighted by molar-refractivity contribution is -0.143. The Morgan fingerprint density at radius 3 is 2.47 bits per heavy atom. The highest BCUT2D eigenvalue weighted by Crippen LogP contribution is 2.32. The van der Waals surface area contributed by atoms with E-state index in [4.69, 9.17) is 9.84 Å². The van der Waals surface area contributed by atoms with Crippen molar-refractivity contribution in [3.05, 3.63) is 0 Å². The number of carbonyl (C=O) groups excluding carboxylic acids is 1. The van der Waals surface area contributed by atoms with E-state index in [1.54, 1.807) is 0 Å². The number of carboxylic acid groups (broad SMARTS) is 1. The molecule has 0 heterocycles. The third-order valence-electron chi connectivity index (χ3n) is 3.71. The van der Waals surface area contributed by atoms with Gasteiger partial charge in [-0.15, -0.1) is 0 Å². The van der Waals surface area contributed by atoms with Crippen molar-refractivity contribution < 1.29 is 19.4 Å². The molecule has 0 aromatic heterocycles. The first-order chi connectivity index (χ1) is 8.93. The molecule has 0 aromatic rings. The van der Waals surface area contributed by atoms with Gasteiger partial charge in [0.2, 0.25) is 5.91 Å². The van der Waals surface area contributed by atoms with Gasteiger partial charge in [-0.1, -0.05) is 13.8 Å². The number of carboxylic acids is 1. The van der Waals surface area contributed by atoms with Crippen molar-refractivity contribution in [3.63, 3.8) is 0 Å². The molecule has 0 bridgehead atoms. The van der Waals surface area contributed by atoms with Gasteiger partial charge in [0.05, 0.1) is 12.0 Å². The van der Waals surface area contributed by atoms with E-state index in [0.29, 0.717) is 18.4 Å². The third-order valence-corrected chi connectivity index (χ3v) is 3.71. The van der Waals surface area contributed by atoms with Gasteiger partial charge in [0.25, 0.3) is 0 Å². The van der Waals surface area contributed by atoms with Gasteiger partial charge in [0, 0.05) is 19.6 Å². The molecule has 5 nitrogen and oxygen atoms in total. The summed E-state index contributed by atoms with van der Waals surface area (Å²) in [4.78, 5) is 22.7. The van der Waals surface area contributed by atoms with E-state index in [-0.39, 0.29) is 18.4 Å². The van der Waals surface area contributed by atoms with E-state index >= 15 is 0 Å². The molecule has 0 saturated heterocycles. The Balaban J connectivity index is 2.20. The van der Waals surface area contributed by atoms with Crippen molar-refractivity contribution in [3.8, 4) is 0 Å². The minimum Gasteiger partial charge on any atom is -0.481 e. The van der Waals surface area contributed by atoms with Crippen molar-refractivity contribution in [1.29, 1.82) is 0 Å². The lowest BCUT2D eigenvalue weighted by Crippen LogP contribution is -2.39. The second-order valence-electron chi connectivity index (χ2n) is 5.61. The van der Waals surface area contributed by atoms with Gasteiger partial charge in [0.1, 0.15) is 0 Å². The molecule has 19 heavy (non-hydrogen) atoms. The Hall–Kier alpha value is -1.10. The van der Waals surface area contributed by atoms with Crippen LogP contribution < -0.4 is 5.32 Å². The van der Waals surface area contributed by atoms with Crippen LogP contribution in [0.1, 0.15) is 40.0 Å². The highest BCUT2D eigenvalue weighted by molar-refractivity contribution is 5.77.